The van der Waals surface area contributed by atoms with E-state index >= 15 is 0 Å². The van der Waals surface area contributed by atoms with Gasteiger partial charge in [-0.05, 0) is 79.9 Å². The minimum absolute atomic E-state index is 0.0311. The fourth-order valence-electron chi connectivity index (χ4n) is 6.37. The first-order valence-corrected chi connectivity index (χ1v) is 19.7. The van der Waals surface area contributed by atoms with E-state index in [0.29, 0.717) is 24.4 Å². The second-order valence-electron chi connectivity index (χ2n) is 14.3. The van der Waals surface area contributed by atoms with Crippen molar-refractivity contribution in [2.24, 2.45) is 0 Å². The molecule has 1 unspecified atom stereocenters. The number of ether oxygens (including phenoxy) is 1. The summed E-state index contributed by atoms with van der Waals surface area (Å²) in [6, 6.07) is 18.2. The molecule has 1 aliphatic carbocycles. The Morgan fingerprint density at radius 2 is 1.76 bits per heavy atom. The van der Waals surface area contributed by atoms with Gasteiger partial charge in [0.1, 0.15) is 6.33 Å². The van der Waals surface area contributed by atoms with Crippen molar-refractivity contribution in [3.63, 3.8) is 0 Å². The minimum Gasteiger partial charge on any atom is -0.412 e. The predicted octanol–water partition coefficient (Wildman–Crippen LogP) is 7.88. The second-order valence-corrected chi connectivity index (χ2v) is 19.1. The van der Waals surface area contributed by atoms with Gasteiger partial charge < -0.3 is 9.16 Å². The van der Waals surface area contributed by atoms with Crippen molar-refractivity contribution in [3.8, 4) is 17.2 Å². The van der Waals surface area contributed by atoms with Crippen molar-refractivity contribution in [2.75, 3.05) is 6.61 Å². The van der Waals surface area contributed by atoms with Crippen LogP contribution in [0.4, 0.5) is 0 Å². The first-order chi connectivity index (χ1) is 21.9. The Labute approximate surface area is 274 Å². The fraction of sp³-hybridized carbons (Fsp3) is 0.514. The molecule has 1 atom stereocenters. The highest BCUT2D eigenvalue weighted by molar-refractivity contribution is 6.74. The van der Waals surface area contributed by atoms with E-state index in [0.717, 1.165) is 66.5 Å². The monoisotopic (exact) mass is 639 g/mol. The topological polar surface area (TPSA) is 94.4 Å². The molecule has 8 nitrogen and oxygen atoms in total. The molecule has 1 aliphatic rings. The lowest BCUT2D eigenvalue weighted by molar-refractivity contribution is -0.0198. The SMILES string of the molecule is CCCc1c(Cc2ccc(-c3ccccc3C#N)cc2)c(=O)n([C@H]2CC[C@H](OCC(C)O[Si](C)(C)C(C)(C)C)CC2)c2ncnn12. The van der Waals surface area contributed by atoms with E-state index in [1.165, 1.54) is 0 Å². The highest BCUT2D eigenvalue weighted by Crippen LogP contribution is 2.37. The van der Waals surface area contributed by atoms with Crippen LogP contribution >= 0.6 is 0 Å². The summed E-state index contributed by atoms with van der Waals surface area (Å²) in [6.45, 7) is 16.2. The van der Waals surface area contributed by atoms with Crippen molar-refractivity contribution >= 4 is 14.1 Å². The number of rotatable bonds is 11. The molecular formula is C37H49N5O3Si. The van der Waals surface area contributed by atoms with Gasteiger partial charge in [-0.25, -0.2) is 4.52 Å². The van der Waals surface area contributed by atoms with Crippen LogP contribution in [0.3, 0.4) is 0 Å². The van der Waals surface area contributed by atoms with Crippen LogP contribution in [0.15, 0.2) is 59.7 Å². The Kier molecular flexibility index (Phi) is 10.3. The number of hydrogen-bond acceptors (Lipinski definition) is 6. The number of nitriles is 1. The number of benzene rings is 2. The summed E-state index contributed by atoms with van der Waals surface area (Å²) in [5.74, 6) is 0.626. The molecule has 1 fully saturated rings. The Bertz CT molecular complexity index is 1740. The van der Waals surface area contributed by atoms with Gasteiger partial charge in [-0.2, -0.15) is 15.3 Å². The minimum atomic E-state index is -1.85. The van der Waals surface area contributed by atoms with E-state index < -0.39 is 8.32 Å². The average Bonchev–Trinajstić information content (AvgIpc) is 3.51. The van der Waals surface area contributed by atoms with Crippen LogP contribution < -0.4 is 5.56 Å². The third-order valence-electron chi connectivity index (χ3n) is 9.88. The van der Waals surface area contributed by atoms with Gasteiger partial charge in [-0.3, -0.25) is 9.36 Å². The highest BCUT2D eigenvalue weighted by Gasteiger charge is 2.38. The molecule has 0 bridgehead atoms. The Morgan fingerprint density at radius 1 is 1.07 bits per heavy atom. The van der Waals surface area contributed by atoms with Crippen molar-refractivity contribution in [3.05, 3.63) is 87.6 Å². The molecule has 0 amide bonds. The Hall–Kier alpha value is -3.58. The highest BCUT2D eigenvalue weighted by atomic mass is 28.4. The molecule has 5 rings (SSSR count). The van der Waals surface area contributed by atoms with E-state index in [2.05, 4.69) is 76.0 Å². The van der Waals surface area contributed by atoms with E-state index in [1.807, 2.05) is 45.5 Å². The summed E-state index contributed by atoms with van der Waals surface area (Å²) in [6.07, 6.45) is 7.42. The zero-order valence-electron chi connectivity index (χ0n) is 28.5. The van der Waals surface area contributed by atoms with E-state index in [9.17, 15) is 10.1 Å². The summed E-state index contributed by atoms with van der Waals surface area (Å²) in [5, 5.41) is 14.3. The zero-order chi connectivity index (χ0) is 33.1. The largest absolute Gasteiger partial charge is 0.412 e. The molecule has 46 heavy (non-hydrogen) atoms. The first kappa shape index (κ1) is 33.8. The molecule has 0 radical (unpaired) electrons. The molecule has 4 aromatic rings. The second kappa shape index (κ2) is 14.0. The number of aromatic nitrogens is 4. The molecule has 9 heteroatoms. The van der Waals surface area contributed by atoms with Crippen molar-refractivity contribution in [1.82, 2.24) is 19.2 Å². The maximum absolute atomic E-state index is 14.4. The van der Waals surface area contributed by atoms with Crippen LogP contribution in [-0.2, 0) is 22.0 Å². The van der Waals surface area contributed by atoms with Gasteiger partial charge in [0, 0.05) is 18.0 Å². The quantitative estimate of drug-likeness (QED) is 0.155. The smallest absolute Gasteiger partial charge is 0.259 e. The van der Waals surface area contributed by atoms with Crippen LogP contribution in [0.1, 0.15) is 95.1 Å². The Balaban J connectivity index is 1.34. The summed E-state index contributed by atoms with van der Waals surface area (Å²) >= 11 is 0. The zero-order valence-corrected chi connectivity index (χ0v) is 29.5. The molecule has 0 saturated heterocycles. The van der Waals surface area contributed by atoms with E-state index in [-0.39, 0.29) is 28.8 Å². The lowest BCUT2D eigenvalue weighted by atomic mass is 9.92. The van der Waals surface area contributed by atoms with Crippen LogP contribution in [-0.4, -0.2) is 46.3 Å². The van der Waals surface area contributed by atoms with Gasteiger partial charge in [0.2, 0.25) is 5.78 Å². The van der Waals surface area contributed by atoms with Crippen molar-refractivity contribution in [2.45, 2.75) is 116 Å². The standard InChI is InChI=1S/C37H49N5O3Si/c1-8-11-34-33(22-27-14-16-28(17-15-27)32-13-10-9-12-29(32)23-38)35(43)41(36-39-25-40-42(34)36)30-18-20-31(21-19-30)44-24-26(2)45-46(6,7)37(3,4)5/h9-10,12-17,25-26,30-31H,8,11,18-22,24H2,1-7H3/t26?,30-,31-. The van der Waals surface area contributed by atoms with Crippen LogP contribution in [0.25, 0.3) is 16.9 Å². The van der Waals surface area contributed by atoms with Gasteiger partial charge >= 0.3 is 0 Å². The average molecular weight is 640 g/mol. The van der Waals surface area contributed by atoms with Gasteiger partial charge in [0.15, 0.2) is 8.32 Å². The maximum atomic E-state index is 14.4. The van der Waals surface area contributed by atoms with Crippen molar-refractivity contribution in [1.29, 1.82) is 5.26 Å². The summed E-state index contributed by atoms with van der Waals surface area (Å²) in [5.41, 5.74) is 5.33. The van der Waals surface area contributed by atoms with Crippen LogP contribution in [0.5, 0.6) is 0 Å². The third kappa shape index (κ3) is 7.20. The fourth-order valence-corrected chi connectivity index (χ4v) is 7.80. The molecular weight excluding hydrogens is 591 g/mol. The molecule has 244 valence electrons. The lowest BCUT2D eigenvalue weighted by Crippen LogP contribution is -2.44. The molecule has 0 aliphatic heterocycles. The number of hydrogen-bond donors (Lipinski definition) is 0. The summed E-state index contributed by atoms with van der Waals surface area (Å²) in [7, 11) is -1.85. The van der Waals surface area contributed by atoms with Crippen LogP contribution in [0.2, 0.25) is 18.1 Å². The predicted molar refractivity (Wildman–Crippen MR) is 186 cm³/mol. The van der Waals surface area contributed by atoms with Gasteiger partial charge in [0.05, 0.1) is 36.1 Å². The van der Waals surface area contributed by atoms with Crippen molar-refractivity contribution < 1.29 is 9.16 Å². The van der Waals surface area contributed by atoms with Crippen LogP contribution in [0, 0.1) is 11.3 Å². The molecule has 1 saturated carbocycles. The molecule has 2 heterocycles. The lowest BCUT2D eigenvalue weighted by Gasteiger charge is -2.39. The first-order valence-electron chi connectivity index (χ1n) is 16.8. The Morgan fingerprint density at radius 3 is 2.41 bits per heavy atom. The van der Waals surface area contributed by atoms with Gasteiger partial charge in [-0.15, -0.1) is 0 Å². The van der Waals surface area contributed by atoms with E-state index in [4.69, 9.17) is 9.16 Å². The molecule has 0 N–H and O–H groups in total. The summed E-state index contributed by atoms with van der Waals surface area (Å²) in [4.78, 5) is 18.9. The number of aryl methyl sites for hydroxylation is 1. The number of fused-ring (bicyclic) bond motifs is 1. The van der Waals surface area contributed by atoms with E-state index in [1.54, 1.807) is 6.33 Å². The maximum Gasteiger partial charge on any atom is 0.259 e. The third-order valence-corrected chi connectivity index (χ3v) is 14.5. The normalized spacial score (nSPS) is 18.0. The van der Waals surface area contributed by atoms with Gasteiger partial charge in [-0.1, -0.05) is 76.6 Å². The molecule has 2 aromatic heterocycles. The molecule has 0 spiro atoms. The van der Waals surface area contributed by atoms with Gasteiger partial charge in [0.25, 0.3) is 5.56 Å². The summed E-state index contributed by atoms with van der Waals surface area (Å²) < 4.78 is 16.7. The molecule has 2 aromatic carbocycles. The number of nitrogens with zero attached hydrogens (tertiary/aromatic N) is 5.